The number of carbonyl (C=O) groups excluding carboxylic acids is 2. The first kappa shape index (κ1) is 18.5. The lowest BCUT2D eigenvalue weighted by molar-refractivity contribution is -0.127. The van der Waals surface area contributed by atoms with Crippen LogP contribution in [0.4, 0.5) is 0 Å². The lowest BCUT2D eigenvalue weighted by atomic mass is 10.1. The van der Waals surface area contributed by atoms with Gasteiger partial charge in [0.05, 0.1) is 24.8 Å². The quantitative estimate of drug-likeness (QED) is 0.506. The third kappa shape index (κ3) is 5.94. The van der Waals surface area contributed by atoms with Crippen LogP contribution in [0, 0.1) is 0 Å². The molecule has 0 aliphatic heterocycles. The molecule has 0 saturated heterocycles. The van der Waals surface area contributed by atoms with Crippen LogP contribution in [0.5, 0.6) is 5.88 Å². The molecule has 0 bridgehead atoms. The average Bonchev–Trinajstić information content (AvgIpc) is 3.23. The average molecular weight is 348 g/mol. The Morgan fingerprint density at radius 2 is 2.32 bits per heavy atom. The highest BCUT2D eigenvalue weighted by atomic mass is 16.5. The number of aromatic nitrogens is 4. The van der Waals surface area contributed by atoms with E-state index in [1.807, 2.05) is 0 Å². The molecule has 136 valence electrons. The first-order valence-electron chi connectivity index (χ1n) is 8.31. The van der Waals surface area contributed by atoms with Gasteiger partial charge in [-0.15, -0.1) is 0 Å². The summed E-state index contributed by atoms with van der Waals surface area (Å²) in [6, 6.07) is 1.02. The fraction of sp³-hybridized carbons (Fsp3) is 0.500. The van der Waals surface area contributed by atoms with Gasteiger partial charge >= 0.3 is 0 Å². The summed E-state index contributed by atoms with van der Waals surface area (Å²) in [5, 5.41) is 6.81. The Labute approximate surface area is 146 Å². The molecule has 1 atom stereocenters. The van der Waals surface area contributed by atoms with Crippen molar-refractivity contribution in [2.24, 2.45) is 5.73 Å². The largest absolute Gasteiger partial charge is 0.478 e. The molecule has 2 heterocycles. The van der Waals surface area contributed by atoms with Crippen LogP contribution in [-0.4, -0.2) is 44.2 Å². The highest BCUT2D eigenvalue weighted by molar-refractivity contribution is 5.86. The number of rotatable bonds is 11. The molecule has 0 radical (unpaired) electrons. The highest BCUT2D eigenvalue weighted by Crippen LogP contribution is 2.10. The Hall–Kier alpha value is -2.84. The van der Waals surface area contributed by atoms with Crippen molar-refractivity contribution < 1.29 is 14.3 Å². The van der Waals surface area contributed by atoms with Gasteiger partial charge in [0.15, 0.2) is 0 Å². The highest BCUT2D eigenvalue weighted by Gasteiger charge is 2.19. The number of amides is 2. The van der Waals surface area contributed by atoms with E-state index >= 15 is 0 Å². The summed E-state index contributed by atoms with van der Waals surface area (Å²) >= 11 is 0. The van der Waals surface area contributed by atoms with Crippen LogP contribution in [0.2, 0.25) is 0 Å². The van der Waals surface area contributed by atoms with Gasteiger partial charge in [-0.05, 0) is 12.8 Å². The lowest BCUT2D eigenvalue weighted by Gasteiger charge is -2.14. The van der Waals surface area contributed by atoms with Gasteiger partial charge in [-0.1, -0.05) is 6.92 Å². The van der Waals surface area contributed by atoms with Gasteiger partial charge in [-0.25, -0.2) is 9.67 Å². The number of nitrogens with two attached hydrogens (primary N) is 1. The Morgan fingerprint density at radius 3 is 3.00 bits per heavy atom. The topological polar surface area (TPSA) is 128 Å². The number of primary amides is 1. The van der Waals surface area contributed by atoms with Crippen molar-refractivity contribution in [3.05, 3.63) is 30.5 Å². The van der Waals surface area contributed by atoms with E-state index in [2.05, 4.69) is 27.3 Å². The molecular weight excluding hydrogens is 324 g/mol. The summed E-state index contributed by atoms with van der Waals surface area (Å²) in [6.45, 7) is 3.24. The zero-order valence-electron chi connectivity index (χ0n) is 14.3. The molecule has 0 spiro atoms. The van der Waals surface area contributed by atoms with Gasteiger partial charge in [0, 0.05) is 31.6 Å². The number of aromatic amines is 1. The number of H-pyrrole nitrogens is 1. The normalized spacial score (nSPS) is 11.9. The van der Waals surface area contributed by atoms with Crippen molar-refractivity contribution in [2.45, 2.75) is 45.2 Å². The number of nitrogens with one attached hydrogen (secondary N) is 2. The van der Waals surface area contributed by atoms with Crippen LogP contribution < -0.4 is 15.8 Å². The molecule has 2 amide bonds. The summed E-state index contributed by atoms with van der Waals surface area (Å²) in [4.78, 5) is 30.3. The number of hydrogen-bond donors (Lipinski definition) is 3. The third-order valence-corrected chi connectivity index (χ3v) is 3.56. The molecule has 4 N–H and O–H groups in total. The van der Waals surface area contributed by atoms with Gasteiger partial charge in [0.2, 0.25) is 17.7 Å². The summed E-state index contributed by atoms with van der Waals surface area (Å²) in [5.74, 6) is -0.142. The van der Waals surface area contributed by atoms with E-state index in [1.165, 1.54) is 6.33 Å². The first-order chi connectivity index (χ1) is 12.1. The number of carbonyl (C=O) groups is 2. The number of imidazole rings is 1. The number of hydrogen-bond acceptors (Lipinski definition) is 5. The molecule has 0 saturated carbocycles. The van der Waals surface area contributed by atoms with Gasteiger partial charge in [0.25, 0.3) is 0 Å². The first-order valence-corrected chi connectivity index (χ1v) is 8.31. The number of nitrogens with zero attached hydrogens (tertiary/aromatic N) is 3. The van der Waals surface area contributed by atoms with E-state index in [1.54, 1.807) is 23.1 Å². The molecule has 9 heteroatoms. The van der Waals surface area contributed by atoms with Crippen LogP contribution in [0.15, 0.2) is 24.8 Å². The molecule has 0 fully saturated rings. The van der Waals surface area contributed by atoms with Gasteiger partial charge in [0.1, 0.15) is 6.04 Å². The van der Waals surface area contributed by atoms with Crippen LogP contribution in [0.3, 0.4) is 0 Å². The second-order valence-corrected chi connectivity index (χ2v) is 5.63. The third-order valence-electron chi connectivity index (χ3n) is 3.56. The van der Waals surface area contributed by atoms with E-state index < -0.39 is 11.9 Å². The molecule has 0 unspecified atom stereocenters. The maximum absolute atomic E-state index is 12.0. The zero-order chi connectivity index (χ0) is 18.1. The molecular formula is C16H24N6O3. The molecule has 0 aliphatic rings. The minimum atomic E-state index is -0.775. The predicted molar refractivity (Wildman–Crippen MR) is 90.7 cm³/mol. The second-order valence-electron chi connectivity index (χ2n) is 5.63. The Kier molecular flexibility index (Phi) is 7.00. The standard InChI is InChI=1S/C16H24N6O3/c1-2-7-22-15(5-6-20-22)25-8-3-4-14(23)21-13(16(17)24)9-12-10-18-11-19-12/h5-6,10-11,13H,2-4,7-9H2,1H3,(H2,17,24)(H,18,19)(H,21,23)/t13-/m0/s1. The Balaban J connectivity index is 1.71. The van der Waals surface area contributed by atoms with Crippen molar-refractivity contribution in [2.75, 3.05) is 6.61 Å². The van der Waals surface area contributed by atoms with E-state index in [0.717, 1.165) is 13.0 Å². The van der Waals surface area contributed by atoms with Crippen molar-refractivity contribution in [3.8, 4) is 5.88 Å². The van der Waals surface area contributed by atoms with Crippen molar-refractivity contribution in [1.29, 1.82) is 0 Å². The minimum absolute atomic E-state index is 0.242. The van der Waals surface area contributed by atoms with E-state index in [0.29, 0.717) is 24.6 Å². The molecule has 2 aromatic rings. The smallest absolute Gasteiger partial charge is 0.240 e. The minimum Gasteiger partial charge on any atom is -0.478 e. The molecule has 0 aromatic carbocycles. The van der Waals surface area contributed by atoms with Crippen LogP contribution in [0.25, 0.3) is 0 Å². The molecule has 9 nitrogen and oxygen atoms in total. The second kappa shape index (κ2) is 9.45. The zero-order valence-corrected chi connectivity index (χ0v) is 14.3. The van der Waals surface area contributed by atoms with Gasteiger partial charge in [-0.2, -0.15) is 5.10 Å². The maximum Gasteiger partial charge on any atom is 0.240 e. The molecule has 25 heavy (non-hydrogen) atoms. The summed E-state index contributed by atoms with van der Waals surface area (Å²) in [5.41, 5.74) is 6.00. The van der Waals surface area contributed by atoms with Crippen molar-refractivity contribution in [1.82, 2.24) is 25.1 Å². The maximum atomic E-state index is 12.0. The predicted octanol–water partition coefficient (Wildman–Crippen LogP) is 0.388. The van der Waals surface area contributed by atoms with Gasteiger partial charge in [-0.3, -0.25) is 9.59 Å². The van der Waals surface area contributed by atoms with E-state index in [4.69, 9.17) is 10.5 Å². The SMILES string of the molecule is CCCn1nccc1OCCCC(=O)N[C@@H](Cc1c[nH]cn1)C(N)=O. The number of ether oxygens (including phenoxy) is 1. The lowest BCUT2D eigenvalue weighted by Crippen LogP contribution is -2.45. The van der Waals surface area contributed by atoms with Crippen molar-refractivity contribution >= 4 is 11.8 Å². The van der Waals surface area contributed by atoms with E-state index in [9.17, 15) is 9.59 Å². The molecule has 2 aromatic heterocycles. The summed E-state index contributed by atoms with van der Waals surface area (Å²) in [7, 11) is 0. The van der Waals surface area contributed by atoms with Gasteiger partial charge < -0.3 is 20.8 Å². The summed E-state index contributed by atoms with van der Waals surface area (Å²) in [6.07, 6.45) is 6.85. The Bertz CT molecular complexity index is 667. The molecule has 2 rings (SSSR count). The van der Waals surface area contributed by atoms with Crippen molar-refractivity contribution in [3.63, 3.8) is 0 Å². The molecule has 0 aliphatic carbocycles. The Morgan fingerprint density at radius 1 is 1.48 bits per heavy atom. The fourth-order valence-electron chi connectivity index (χ4n) is 2.33. The van der Waals surface area contributed by atoms with E-state index in [-0.39, 0.29) is 18.7 Å². The van der Waals surface area contributed by atoms with Crippen LogP contribution >= 0.6 is 0 Å². The van der Waals surface area contributed by atoms with Crippen LogP contribution in [0.1, 0.15) is 31.9 Å². The fourth-order valence-corrected chi connectivity index (χ4v) is 2.33. The summed E-state index contributed by atoms with van der Waals surface area (Å²) < 4.78 is 7.42. The van der Waals surface area contributed by atoms with Crippen LogP contribution in [-0.2, 0) is 22.6 Å². The monoisotopic (exact) mass is 348 g/mol. The number of aryl methyl sites for hydroxylation is 1.